The van der Waals surface area contributed by atoms with E-state index in [4.69, 9.17) is 23.2 Å². The van der Waals surface area contributed by atoms with Gasteiger partial charge < -0.3 is 10.6 Å². The largest absolute Gasteiger partial charge is 0.322 e. The summed E-state index contributed by atoms with van der Waals surface area (Å²) in [5.41, 5.74) is 1.91. The van der Waals surface area contributed by atoms with Gasteiger partial charge in [0, 0.05) is 44.2 Å². The number of hydrogen-bond donors (Lipinski definition) is 2. The van der Waals surface area contributed by atoms with Gasteiger partial charge in [0.25, 0.3) is 11.6 Å². The van der Waals surface area contributed by atoms with Crippen molar-refractivity contribution in [2.45, 2.75) is 17.1 Å². The van der Waals surface area contributed by atoms with Crippen molar-refractivity contribution < 1.29 is 14.5 Å². The highest BCUT2D eigenvalue weighted by Gasteiger charge is 2.17. The lowest BCUT2D eigenvalue weighted by Gasteiger charge is -2.11. The third kappa shape index (κ3) is 6.86. The Labute approximate surface area is 230 Å². The van der Waals surface area contributed by atoms with Crippen molar-refractivity contribution >= 4 is 74.6 Å². The molecule has 0 fully saturated rings. The Bertz CT molecular complexity index is 1480. The van der Waals surface area contributed by atoms with E-state index in [1.54, 1.807) is 49.4 Å². The maximum absolute atomic E-state index is 12.7. The number of hydrogen-bond acceptors (Lipinski definition) is 7. The van der Waals surface area contributed by atoms with Crippen LogP contribution in [0.1, 0.15) is 17.3 Å². The van der Waals surface area contributed by atoms with Gasteiger partial charge in [-0.25, -0.2) is 4.98 Å². The Morgan fingerprint density at radius 1 is 1.05 bits per heavy atom. The molecule has 2 N–H and O–H groups in total. The van der Waals surface area contributed by atoms with E-state index in [-0.39, 0.29) is 17.2 Å². The van der Waals surface area contributed by atoms with Crippen LogP contribution in [0.5, 0.6) is 0 Å². The molecular formula is C25H18Cl2N4O4S2. The Balaban J connectivity index is 1.33. The lowest BCUT2D eigenvalue weighted by molar-refractivity contribution is -0.384. The molecule has 0 aliphatic carbocycles. The molecule has 1 atom stereocenters. The predicted molar refractivity (Wildman–Crippen MR) is 149 cm³/mol. The number of non-ortho nitro benzene ring substituents is 1. The molecule has 0 saturated carbocycles. The minimum Gasteiger partial charge on any atom is -0.322 e. The van der Waals surface area contributed by atoms with Crippen LogP contribution in [0.3, 0.4) is 0 Å². The topological polar surface area (TPSA) is 114 Å². The predicted octanol–water partition coefficient (Wildman–Crippen LogP) is 7.40. The SMILES string of the molecule is CC(Sc1ccc(NC(=O)c2cccc([N+](=O)[O-])c2)cc1)C(=O)Nc1nc(-c2ccc(Cl)cc2Cl)cs1. The first-order valence-electron chi connectivity index (χ1n) is 10.7. The van der Waals surface area contributed by atoms with Crippen LogP contribution in [0, 0.1) is 10.1 Å². The van der Waals surface area contributed by atoms with E-state index in [9.17, 15) is 19.7 Å². The second-order valence-electron chi connectivity index (χ2n) is 7.70. The number of amides is 2. The molecule has 0 spiro atoms. The molecule has 4 aromatic rings. The molecule has 0 bridgehead atoms. The Morgan fingerprint density at radius 3 is 2.51 bits per heavy atom. The minimum absolute atomic E-state index is 0.158. The standard InChI is InChI=1S/C25H18Cl2N4O4S2/c1-14(23(32)30-25-29-22(13-36-25)20-10-5-16(26)12-21(20)27)37-19-8-6-17(7-9-19)28-24(33)15-3-2-4-18(11-15)31(34)35/h2-14H,1H3,(H,28,33)(H,29,30,32). The number of carbonyl (C=O) groups excluding carboxylic acids is 2. The maximum atomic E-state index is 12.7. The number of halogens is 2. The average molecular weight is 573 g/mol. The van der Waals surface area contributed by atoms with Crippen molar-refractivity contribution in [3.05, 3.63) is 97.8 Å². The van der Waals surface area contributed by atoms with Gasteiger partial charge in [-0.05, 0) is 55.5 Å². The van der Waals surface area contributed by atoms with Crippen LogP contribution in [0.4, 0.5) is 16.5 Å². The number of thiazole rings is 1. The summed E-state index contributed by atoms with van der Waals surface area (Å²) in [4.78, 5) is 40.8. The van der Waals surface area contributed by atoms with E-state index in [1.165, 1.54) is 47.4 Å². The number of benzene rings is 3. The zero-order chi connectivity index (χ0) is 26.5. The summed E-state index contributed by atoms with van der Waals surface area (Å²) in [5.74, 6) is -0.671. The van der Waals surface area contributed by atoms with Gasteiger partial charge in [0.2, 0.25) is 5.91 Å². The van der Waals surface area contributed by atoms with E-state index in [1.807, 2.05) is 5.38 Å². The number of rotatable bonds is 8. The first-order valence-corrected chi connectivity index (χ1v) is 13.3. The lowest BCUT2D eigenvalue weighted by atomic mass is 10.2. The summed E-state index contributed by atoms with van der Waals surface area (Å²) < 4.78 is 0. The molecular weight excluding hydrogens is 555 g/mol. The van der Waals surface area contributed by atoms with Gasteiger partial charge in [-0.1, -0.05) is 29.3 Å². The molecule has 2 amide bonds. The van der Waals surface area contributed by atoms with E-state index in [0.29, 0.717) is 26.6 Å². The number of thioether (sulfide) groups is 1. The highest BCUT2D eigenvalue weighted by atomic mass is 35.5. The summed E-state index contributed by atoms with van der Waals surface area (Å²) in [6.45, 7) is 1.78. The molecule has 0 aliphatic heterocycles. The molecule has 12 heteroatoms. The quantitative estimate of drug-likeness (QED) is 0.129. The number of nitro groups is 1. The van der Waals surface area contributed by atoms with Gasteiger partial charge in [-0.15, -0.1) is 23.1 Å². The third-order valence-corrected chi connectivity index (χ3v) is 7.47. The van der Waals surface area contributed by atoms with Gasteiger partial charge in [0.1, 0.15) is 0 Å². The van der Waals surface area contributed by atoms with Crippen LogP contribution in [-0.4, -0.2) is 27.0 Å². The highest BCUT2D eigenvalue weighted by molar-refractivity contribution is 8.00. The molecule has 37 heavy (non-hydrogen) atoms. The fourth-order valence-electron chi connectivity index (χ4n) is 3.20. The molecule has 1 aromatic heterocycles. The Hall–Kier alpha value is -3.44. The smallest absolute Gasteiger partial charge is 0.270 e. The van der Waals surface area contributed by atoms with E-state index in [2.05, 4.69) is 15.6 Å². The summed E-state index contributed by atoms with van der Waals surface area (Å²) in [6, 6.07) is 17.6. The van der Waals surface area contributed by atoms with Crippen LogP contribution in [-0.2, 0) is 4.79 Å². The second kappa shape index (κ2) is 11.7. The number of carbonyl (C=O) groups is 2. The van der Waals surface area contributed by atoms with Crippen LogP contribution in [0.25, 0.3) is 11.3 Å². The van der Waals surface area contributed by atoms with Gasteiger partial charge in [-0.2, -0.15) is 0 Å². The van der Waals surface area contributed by atoms with Crippen molar-refractivity contribution in [2.75, 3.05) is 10.6 Å². The summed E-state index contributed by atoms with van der Waals surface area (Å²) >= 11 is 14.8. The second-order valence-corrected chi connectivity index (χ2v) is 10.8. The van der Waals surface area contributed by atoms with Gasteiger partial charge >= 0.3 is 0 Å². The summed E-state index contributed by atoms with van der Waals surface area (Å²) in [5, 5.41) is 19.3. The molecule has 0 radical (unpaired) electrons. The van der Waals surface area contributed by atoms with Crippen molar-refractivity contribution in [1.82, 2.24) is 4.98 Å². The summed E-state index contributed by atoms with van der Waals surface area (Å²) in [6.07, 6.45) is 0. The van der Waals surface area contributed by atoms with Crippen LogP contribution in [0.15, 0.2) is 77.0 Å². The first-order chi connectivity index (χ1) is 17.7. The molecule has 1 unspecified atom stereocenters. The molecule has 0 saturated heterocycles. The van der Waals surface area contributed by atoms with Crippen LogP contribution >= 0.6 is 46.3 Å². The van der Waals surface area contributed by atoms with Crippen molar-refractivity contribution in [2.24, 2.45) is 0 Å². The van der Waals surface area contributed by atoms with Gasteiger partial charge in [0.05, 0.1) is 20.9 Å². The zero-order valence-corrected chi connectivity index (χ0v) is 22.3. The van der Waals surface area contributed by atoms with Gasteiger partial charge in [-0.3, -0.25) is 19.7 Å². The summed E-state index contributed by atoms with van der Waals surface area (Å²) in [7, 11) is 0. The maximum Gasteiger partial charge on any atom is 0.270 e. The number of nitrogens with zero attached hydrogens (tertiary/aromatic N) is 2. The van der Waals surface area contributed by atoms with E-state index >= 15 is 0 Å². The number of nitrogens with one attached hydrogen (secondary N) is 2. The number of aromatic nitrogens is 1. The van der Waals surface area contributed by atoms with Crippen molar-refractivity contribution in [3.8, 4) is 11.3 Å². The van der Waals surface area contributed by atoms with E-state index < -0.39 is 16.1 Å². The Kier molecular flexibility index (Phi) is 8.45. The fraction of sp³-hybridized carbons (Fsp3) is 0.0800. The third-order valence-electron chi connectivity index (χ3n) is 5.05. The lowest BCUT2D eigenvalue weighted by Crippen LogP contribution is -2.22. The molecule has 3 aromatic carbocycles. The van der Waals surface area contributed by atoms with Crippen LogP contribution < -0.4 is 10.6 Å². The van der Waals surface area contributed by atoms with Crippen molar-refractivity contribution in [3.63, 3.8) is 0 Å². The molecule has 4 rings (SSSR count). The monoisotopic (exact) mass is 572 g/mol. The van der Waals surface area contributed by atoms with Crippen LogP contribution in [0.2, 0.25) is 10.0 Å². The zero-order valence-electron chi connectivity index (χ0n) is 19.1. The minimum atomic E-state index is -0.553. The Morgan fingerprint density at radius 2 is 1.81 bits per heavy atom. The highest BCUT2D eigenvalue weighted by Crippen LogP contribution is 2.33. The van der Waals surface area contributed by atoms with Gasteiger partial charge in [0.15, 0.2) is 5.13 Å². The number of anilines is 2. The first kappa shape index (κ1) is 26.6. The number of nitro benzene ring substituents is 1. The molecule has 1 heterocycles. The normalized spacial score (nSPS) is 11.5. The van der Waals surface area contributed by atoms with E-state index in [0.717, 1.165) is 10.5 Å². The average Bonchev–Trinajstić information content (AvgIpc) is 3.33. The fourth-order valence-corrected chi connectivity index (χ4v) is 5.28. The molecule has 188 valence electrons. The van der Waals surface area contributed by atoms with Crippen molar-refractivity contribution in [1.29, 1.82) is 0 Å². The molecule has 0 aliphatic rings. The molecule has 8 nitrogen and oxygen atoms in total.